The number of likely N-dealkylation sites (tertiary alicyclic amines) is 1. The molecule has 3 aromatic rings. The summed E-state index contributed by atoms with van der Waals surface area (Å²) in [4.78, 5) is 4.72. The molecule has 0 spiro atoms. The first-order valence-electron chi connectivity index (χ1n) is 10.3. The van der Waals surface area contributed by atoms with Crippen LogP contribution in [0.1, 0.15) is 5.56 Å². The molecule has 1 N–H and O–H groups in total. The van der Waals surface area contributed by atoms with Crippen molar-refractivity contribution in [3.63, 3.8) is 0 Å². The van der Waals surface area contributed by atoms with E-state index in [1.165, 1.54) is 18.7 Å². The van der Waals surface area contributed by atoms with Gasteiger partial charge in [-0.15, -0.1) is 10.2 Å². The Hall–Kier alpha value is -2.33. The molecule has 3 heterocycles. The standard InChI is InChI=1S/C16H17BrN4.C7H8O3S/c1-20-8-12-9-21(10-15(12)20)16-7-6-14(18-19-16)11-2-4-13(17)5-3-11;1-6-2-4-7(5-3-6)11(8,9)10/h2-7,12,15H,8-10H2,1H3;2-5H,1H3,(H,8,9,10). The third kappa shape index (κ3) is 5.17. The zero-order chi connectivity index (χ0) is 22.9. The van der Waals surface area contributed by atoms with E-state index in [1.54, 1.807) is 12.1 Å². The van der Waals surface area contributed by atoms with Crippen molar-refractivity contribution in [1.29, 1.82) is 0 Å². The van der Waals surface area contributed by atoms with E-state index in [-0.39, 0.29) is 4.90 Å². The number of aryl methyl sites for hydroxylation is 1. The molecule has 2 aromatic carbocycles. The fraction of sp³-hybridized carbons (Fsp3) is 0.304. The van der Waals surface area contributed by atoms with Gasteiger partial charge in [0.05, 0.1) is 10.6 Å². The Morgan fingerprint density at radius 1 is 0.938 bits per heavy atom. The van der Waals surface area contributed by atoms with Gasteiger partial charge in [-0.05, 0) is 50.4 Å². The number of anilines is 1. The van der Waals surface area contributed by atoms with Gasteiger partial charge in [-0.2, -0.15) is 8.42 Å². The Kier molecular flexibility index (Phi) is 6.62. The predicted octanol–water partition coefficient (Wildman–Crippen LogP) is 3.90. The quantitative estimate of drug-likeness (QED) is 0.528. The van der Waals surface area contributed by atoms with E-state index >= 15 is 0 Å². The summed E-state index contributed by atoms with van der Waals surface area (Å²) in [7, 11) is -1.82. The molecule has 0 amide bonds. The zero-order valence-corrected chi connectivity index (χ0v) is 20.3. The monoisotopic (exact) mass is 516 g/mol. The van der Waals surface area contributed by atoms with Crippen LogP contribution in [0.3, 0.4) is 0 Å². The summed E-state index contributed by atoms with van der Waals surface area (Å²) < 4.78 is 30.6. The van der Waals surface area contributed by atoms with E-state index in [0.29, 0.717) is 6.04 Å². The maximum Gasteiger partial charge on any atom is 0.294 e. The van der Waals surface area contributed by atoms with Crippen molar-refractivity contribution in [3.8, 4) is 11.3 Å². The maximum absolute atomic E-state index is 10.5. The second kappa shape index (κ2) is 9.27. The highest BCUT2D eigenvalue weighted by molar-refractivity contribution is 9.10. The van der Waals surface area contributed by atoms with Gasteiger partial charge in [0.25, 0.3) is 10.1 Å². The van der Waals surface area contributed by atoms with Gasteiger partial charge in [-0.1, -0.05) is 45.8 Å². The van der Waals surface area contributed by atoms with Crippen LogP contribution >= 0.6 is 15.9 Å². The number of benzene rings is 2. The number of aromatic nitrogens is 2. The van der Waals surface area contributed by atoms with Gasteiger partial charge in [0.2, 0.25) is 0 Å². The number of hydrogen-bond acceptors (Lipinski definition) is 6. The summed E-state index contributed by atoms with van der Waals surface area (Å²) in [6.45, 7) is 5.24. The molecule has 0 bridgehead atoms. The Morgan fingerprint density at radius 3 is 2.16 bits per heavy atom. The maximum atomic E-state index is 10.5. The SMILES string of the molecule is CN1CC2CN(c3ccc(-c4ccc(Br)cc4)nn3)CC21.Cc1ccc(S(=O)(=O)O)cc1. The van der Waals surface area contributed by atoms with Crippen LogP contribution in [0.25, 0.3) is 11.3 Å². The molecular formula is C23H25BrN4O3S. The Bertz CT molecular complexity index is 1170. The van der Waals surface area contributed by atoms with Crippen molar-refractivity contribution in [2.24, 2.45) is 5.92 Å². The van der Waals surface area contributed by atoms with Crippen molar-refractivity contribution < 1.29 is 13.0 Å². The molecule has 9 heteroatoms. The van der Waals surface area contributed by atoms with E-state index in [9.17, 15) is 8.42 Å². The lowest BCUT2D eigenvalue weighted by Gasteiger charge is -2.40. The van der Waals surface area contributed by atoms with Gasteiger partial charge < -0.3 is 9.80 Å². The Morgan fingerprint density at radius 2 is 1.62 bits per heavy atom. The number of nitrogens with zero attached hydrogens (tertiary/aromatic N) is 4. The molecule has 2 unspecified atom stereocenters. The first-order valence-corrected chi connectivity index (χ1v) is 12.5. The summed E-state index contributed by atoms with van der Waals surface area (Å²) in [6.07, 6.45) is 0. The predicted molar refractivity (Wildman–Crippen MR) is 128 cm³/mol. The molecular weight excluding hydrogens is 492 g/mol. The fourth-order valence-corrected chi connectivity index (χ4v) is 4.81. The van der Waals surface area contributed by atoms with Crippen LogP contribution in [0.4, 0.5) is 5.82 Å². The summed E-state index contributed by atoms with van der Waals surface area (Å²) in [5.41, 5.74) is 2.97. The molecule has 0 radical (unpaired) electrons. The van der Waals surface area contributed by atoms with E-state index in [2.05, 4.69) is 67.2 Å². The van der Waals surface area contributed by atoms with Crippen molar-refractivity contribution in [2.75, 3.05) is 31.6 Å². The van der Waals surface area contributed by atoms with E-state index in [1.807, 2.05) is 19.1 Å². The smallest absolute Gasteiger partial charge is 0.294 e. The van der Waals surface area contributed by atoms with Crippen molar-refractivity contribution in [2.45, 2.75) is 17.9 Å². The average Bonchev–Trinajstić information content (AvgIpc) is 3.12. The summed E-state index contributed by atoms with van der Waals surface area (Å²) in [5.74, 6) is 1.81. The fourth-order valence-electron chi connectivity index (χ4n) is 4.07. The lowest BCUT2D eigenvalue weighted by atomic mass is 9.93. The number of fused-ring (bicyclic) bond motifs is 1. The minimum absolute atomic E-state index is 0.0666. The van der Waals surface area contributed by atoms with Gasteiger partial charge in [-0.3, -0.25) is 4.55 Å². The summed E-state index contributed by atoms with van der Waals surface area (Å²) in [6, 6.07) is 19.0. The zero-order valence-electron chi connectivity index (χ0n) is 17.9. The Labute approximate surface area is 197 Å². The van der Waals surface area contributed by atoms with Gasteiger partial charge >= 0.3 is 0 Å². The third-order valence-corrected chi connectivity index (χ3v) is 7.32. The van der Waals surface area contributed by atoms with Crippen molar-refractivity contribution in [1.82, 2.24) is 15.1 Å². The topological polar surface area (TPSA) is 86.6 Å². The molecule has 2 aliphatic rings. The Balaban J connectivity index is 0.000000189. The summed E-state index contributed by atoms with van der Waals surface area (Å²) >= 11 is 3.45. The second-order valence-corrected chi connectivity index (χ2v) is 10.6. The number of halogens is 1. The van der Waals surface area contributed by atoms with E-state index in [0.717, 1.165) is 46.1 Å². The lowest BCUT2D eigenvalue weighted by molar-refractivity contribution is 0.0827. The minimum atomic E-state index is -4.02. The first kappa shape index (κ1) is 22.8. The highest BCUT2D eigenvalue weighted by Gasteiger charge is 2.43. The lowest BCUT2D eigenvalue weighted by Crippen LogP contribution is -2.52. The molecule has 2 saturated heterocycles. The molecule has 2 fully saturated rings. The van der Waals surface area contributed by atoms with Crippen LogP contribution < -0.4 is 4.90 Å². The van der Waals surface area contributed by atoms with Gasteiger partial charge in [0, 0.05) is 41.6 Å². The average molecular weight is 517 g/mol. The van der Waals surface area contributed by atoms with Crippen LogP contribution in [0.5, 0.6) is 0 Å². The largest absolute Gasteiger partial charge is 0.353 e. The minimum Gasteiger partial charge on any atom is -0.353 e. The molecule has 2 atom stereocenters. The van der Waals surface area contributed by atoms with Crippen LogP contribution in [-0.4, -0.2) is 60.8 Å². The molecule has 7 nitrogen and oxygen atoms in total. The molecule has 0 aliphatic carbocycles. The molecule has 1 aromatic heterocycles. The number of hydrogen-bond donors (Lipinski definition) is 1. The normalized spacial score (nSPS) is 20.2. The highest BCUT2D eigenvalue weighted by Crippen LogP contribution is 2.33. The molecule has 168 valence electrons. The van der Waals surface area contributed by atoms with Gasteiger partial charge in [0.15, 0.2) is 5.82 Å². The number of likely N-dealkylation sites (N-methyl/N-ethyl adjacent to an activating group) is 1. The van der Waals surface area contributed by atoms with Gasteiger partial charge in [0.1, 0.15) is 0 Å². The van der Waals surface area contributed by atoms with E-state index < -0.39 is 10.1 Å². The van der Waals surface area contributed by atoms with Crippen LogP contribution in [0.2, 0.25) is 0 Å². The number of rotatable bonds is 3. The van der Waals surface area contributed by atoms with Crippen molar-refractivity contribution >= 4 is 31.9 Å². The molecule has 5 rings (SSSR count). The third-order valence-electron chi connectivity index (χ3n) is 5.93. The summed E-state index contributed by atoms with van der Waals surface area (Å²) in [5, 5.41) is 8.82. The molecule has 0 saturated carbocycles. The van der Waals surface area contributed by atoms with Gasteiger partial charge in [-0.25, -0.2) is 0 Å². The highest BCUT2D eigenvalue weighted by atomic mass is 79.9. The molecule has 2 aliphatic heterocycles. The molecule has 32 heavy (non-hydrogen) atoms. The first-order chi connectivity index (χ1) is 15.2. The second-order valence-electron chi connectivity index (χ2n) is 8.24. The van der Waals surface area contributed by atoms with Crippen molar-refractivity contribution in [3.05, 3.63) is 70.7 Å². The van der Waals surface area contributed by atoms with Crippen LogP contribution in [0.15, 0.2) is 70.0 Å². The van der Waals surface area contributed by atoms with Crippen LogP contribution in [-0.2, 0) is 10.1 Å². The van der Waals surface area contributed by atoms with E-state index in [4.69, 9.17) is 4.55 Å². The van der Waals surface area contributed by atoms with Crippen LogP contribution in [0, 0.1) is 12.8 Å².